The minimum atomic E-state index is 0.332. The Balaban J connectivity index is 2.16. The van der Waals surface area contributed by atoms with E-state index < -0.39 is 0 Å². The van der Waals surface area contributed by atoms with E-state index in [4.69, 9.17) is 0 Å². The van der Waals surface area contributed by atoms with Crippen LogP contribution < -0.4 is 9.88 Å². The largest absolute Gasteiger partial charge is 0.368 e. The Morgan fingerprint density at radius 3 is 2.79 bits per heavy atom. The van der Waals surface area contributed by atoms with Gasteiger partial charge in [-0.15, -0.1) is 0 Å². The van der Waals surface area contributed by atoms with Crippen LogP contribution in [0.1, 0.15) is 19.8 Å². The van der Waals surface area contributed by atoms with Gasteiger partial charge < -0.3 is 4.90 Å². The summed E-state index contributed by atoms with van der Waals surface area (Å²) in [6, 6.07) is 4.43. The Labute approximate surface area is 83.8 Å². The van der Waals surface area contributed by atoms with Crippen molar-refractivity contribution in [3.8, 4) is 0 Å². The lowest BCUT2D eigenvalue weighted by atomic mass is 10.0. The molecule has 0 unspecified atom stereocenters. The van der Waals surface area contributed by atoms with E-state index in [0.717, 1.165) is 6.54 Å². The number of Topliss-reactive ketones (excluding diaryl/α,β-unsaturated/α-hetero) is 1. The molecule has 74 valence electrons. The molecule has 2 rings (SSSR count). The number of carbonyl (C=O) groups excluding carboxylic acids is 1. The number of nitrogens with zero attached hydrogens (tertiary/aromatic N) is 1. The van der Waals surface area contributed by atoms with Crippen LogP contribution in [0.4, 0.5) is 5.69 Å². The van der Waals surface area contributed by atoms with Crippen LogP contribution >= 0.6 is 0 Å². The number of pyridine rings is 1. The van der Waals surface area contributed by atoms with Crippen LogP contribution in [0, 0.1) is 0 Å². The van der Waals surface area contributed by atoms with Crippen molar-refractivity contribution >= 4 is 11.5 Å². The van der Waals surface area contributed by atoms with Gasteiger partial charge in [0.25, 0.3) is 0 Å². The fourth-order valence-corrected chi connectivity index (χ4v) is 1.96. The number of carbonyl (C=O) groups is 1. The zero-order chi connectivity index (χ0) is 9.97. The predicted octanol–water partition coefficient (Wildman–Crippen LogP) is 1.06. The summed E-state index contributed by atoms with van der Waals surface area (Å²) in [7, 11) is 0. The van der Waals surface area contributed by atoms with E-state index in [0.29, 0.717) is 24.7 Å². The standard InChI is InChI=1S/C11H14N2O/c1-9-8-11(14)4-7-13(9)10-2-5-12-6-3-10/h2-3,5-6,9H,4,7-8H2,1H3/p+1/t9-/m0/s1. The molecule has 1 aliphatic rings. The molecular formula is C11H15N2O+. The van der Waals surface area contributed by atoms with E-state index in [2.05, 4.69) is 16.8 Å². The summed E-state index contributed by atoms with van der Waals surface area (Å²) in [5, 5.41) is 0. The maximum absolute atomic E-state index is 11.2. The summed E-state index contributed by atoms with van der Waals surface area (Å²) in [6.07, 6.45) is 5.19. The smallest absolute Gasteiger partial charge is 0.169 e. The summed E-state index contributed by atoms with van der Waals surface area (Å²) in [4.78, 5) is 16.5. The highest BCUT2D eigenvalue weighted by Crippen LogP contribution is 2.21. The molecule has 3 nitrogen and oxygen atoms in total. The molecule has 3 heteroatoms. The molecule has 14 heavy (non-hydrogen) atoms. The highest BCUT2D eigenvalue weighted by molar-refractivity contribution is 5.81. The summed E-state index contributed by atoms with van der Waals surface area (Å²) < 4.78 is 0. The van der Waals surface area contributed by atoms with Gasteiger partial charge in [-0.2, -0.15) is 0 Å². The number of anilines is 1. The maximum atomic E-state index is 11.2. The molecule has 0 bridgehead atoms. The van der Waals surface area contributed by atoms with Crippen molar-refractivity contribution in [2.75, 3.05) is 11.4 Å². The molecule has 1 fully saturated rings. The highest BCUT2D eigenvalue weighted by Gasteiger charge is 2.23. The fourth-order valence-electron chi connectivity index (χ4n) is 1.96. The van der Waals surface area contributed by atoms with E-state index >= 15 is 0 Å². The third-order valence-corrected chi connectivity index (χ3v) is 2.72. The Morgan fingerprint density at radius 2 is 2.14 bits per heavy atom. The van der Waals surface area contributed by atoms with E-state index in [-0.39, 0.29) is 0 Å². The minimum absolute atomic E-state index is 0.332. The van der Waals surface area contributed by atoms with Gasteiger partial charge in [-0.1, -0.05) is 0 Å². The number of aromatic amines is 1. The second-order valence-electron chi connectivity index (χ2n) is 3.79. The number of aromatic nitrogens is 1. The molecule has 0 radical (unpaired) electrons. The third-order valence-electron chi connectivity index (χ3n) is 2.72. The van der Waals surface area contributed by atoms with Crippen molar-refractivity contribution in [2.45, 2.75) is 25.8 Å². The average molecular weight is 191 g/mol. The Bertz CT molecular complexity index is 323. The monoisotopic (exact) mass is 191 g/mol. The fraction of sp³-hybridized carbons (Fsp3) is 0.455. The number of piperidine rings is 1. The van der Waals surface area contributed by atoms with Crippen LogP contribution in [0.2, 0.25) is 0 Å². The summed E-state index contributed by atoms with van der Waals surface area (Å²) in [5.74, 6) is 0.385. The van der Waals surface area contributed by atoms with Gasteiger partial charge in [-0.25, -0.2) is 4.98 Å². The van der Waals surface area contributed by atoms with Gasteiger partial charge in [0.15, 0.2) is 12.4 Å². The van der Waals surface area contributed by atoms with Crippen LogP contribution in [0.25, 0.3) is 0 Å². The number of hydrogen-bond donors (Lipinski definition) is 0. The number of nitrogens with one attached hydrogen (secondary N) is 1. The zero-order valence-corrected chi connectivity index (χ0v) is 8.36. The molecular weight excluding hydrogens is 176 g/mol. The number of H-pyrrole nitrogens is 1. The van der Waals surface area contributed by atoms with Crippen LogP contribution in [0.15, 0.2) is 24.5 Å². The molecule has 1 N–H and O–H groups in total. The van der Waals surface area contributed by atoms with Gasteiger partial charge >= 0.3 is 0 Å². The average Bonchev–Trinajstić information content (AvgIpc) is 2.19. The molecule has 1 aliphatic heterocycles. The van der Waals surface area contributed by atoms with Gasteiger partial charge in [0.05, 0.1) is 0 Å². The van der Waals surface area contributed by atoms with E-state index in [9.17, 15) is 4.79 Å². The third kappa shape index (κ3) is 1.76. The first kappa shape index (κ1) is 9.19. The van der Waals surface area contributed by atoms with E-state index in [1.54, 1.807) is 0 Å². The van der Waals surface area contributed by atoms with Gasteiger partial charge in [0.2, 0.25) is 0 Å². The topological polar surface area (TPSA) is 34.5 Å². The maximum Gasteiger partial charge on any atom is 0.169 e. The van der Waals surface area contributed by atoms with Crippen LogP contribution in [0.3, 0.4) is 0 Å². The first-order chi connectivity index (χ1) is 6.77. The molecule has 1 aromatic heterocycles. The van der Waals surface area contributed by atoms with Crippen LogP contribution in [-0.4, -0.2) is 18.4 Å². The summed E-state index contributed by atoms with van der Waals surface area (Å²) in [6.45, 7) is 2.96. The lowest BCUT2D eigenvalue weighted by Crippen LogP contribution is -2.41. The highest BCUT2D eigenvalue weighted by atomic mass is 16.1. The van der Waals surface area contributed by atoms with Crippen molar-refractivity contribution in [3.05, 3.63) is 24.5 Å². The second-order valence-corrected chi connectivity index (χ2v) is 3.79. The van der Waals surface area contributed by atoms with E-state index in [1.807, 2.05) is 24.5 Å². The Kier molecular flexibility index (Phi) is 2.48. The number of hydrogen-bond acceptors (Lipinski definition) is 2. The Hall–Kier alpha value is -1.38. The van der Waals surface area contributed by atoms with Crippen molar-refractivity contribution in [1.82, 2.24) is 0 Å². The SMILES string of the molecule is C[C@H]1CC(=O)CCN1c1cc[nH+]cc1. The molecule has 1 saturated heterocycles. The number of ketones is 1. The lowest BCUT2D eigenvalue weighted by Gasteiger charge is -2.34. The van der Waals surface area contributed by atoms with Crippen molar-refractivity contribution in [3.63, 3.8) is 0 Å². The second kappa shape index (κ2) is 3.78. The normalized spacial score (nSPS) is 22.5. The first-order valence-corrected chi connectivity index (χ1v) is 5.02. The van der Waals surface area contributed by atoms with Gasteiger partial charge in [-0.3, -0.25) is 4.79 Å². The van der Waals surface area contributed by atoms with Gasteiger partial charge in [0.1, 0.15) is 5.78 Å². The molecule has 2 heterocycles. The van der Waals surface area contributed by atoms with Crippen LogP contribution in [-0.2, 0) is 4.79 Å². The Morgan fingerprint density at radius 1 is 1.43 bits per heavy atom. The molecule has 0 amide bonds. The van der Waals surface area contributed by atoms with Gasteiger partial charge in [-0.05, 0) is 6.92 Å². The molecule has 0 aliphatic carbocycles. The van der Waals surface area contributed by atoms with Gasteiger partial charge in [0, 0.05) is 43.2 Å². The van der Waals surface area contributed by atoms with Crippen molar-refractivity contribution < 1.29 is 9.78 Å². The first-order valence-electron chi connectivity index (χ1n) is 5.02. The molecule has 0 spiro atoms. The van der Waals surface area contributed by atoms with Crippen molar-refractivity contribution in [2.24, 2.45) is 0 Å². The molecule has 1 atom stereocenters. The summed E-state index contributed by atoms with van der Waals surface area (Å²) >= 11 is 0. The molecule has 0 saturated carbocycles. The minimum Gasteiger partial charge on any atom is -0.368 e. The summed E-state index contributed by atoms with van der Waals surface area (Å²) in [5.41, 5.74) is 1.20. The van der Waals surface area contributed by atoms with E-state index in [1.165, 1.54) is 5.69 Å². The van der Waals surface area contributed by atoms with Crippen molar-refractivity contribution in [1.29, 1.82) is 0 Å². The quantitative estimate of drug-likeness (QED) is 0.665. The van der Waals surface area contributed by atoms with Crippen LogP contribution in [0.5, 0.6) is 0 Å². The zero-order valence-electron chi connectivity index (χ0n) is 8.36. The number of rotatable bonds is 1. The molecule has 1 aromatic rings. The predicted molar refractivity (Wildman–Crippen MR) is 54.0 cm³/mol. The lowest BCUT2D eigenvalue weighted by molar-refractivity contribution is -0.377. The molecule has 0 aromatic carbocycles.